The monoisotopic (exact) mass is 348 g/mol. The van der Waals surface area contributed by atoms with E-state index in [1.165, 1.54) is 0 Å². The molecule has 0 aliphatic rings. The molecule has 4 aromatic rings. The quantitative estimate of drug-likeness (QED) is 0.571. The minimum atomic E-state index is -0.260. The molecule has 2 heterocycles. The van der Waals surface area contributed by atoms with Gasteiger partial charge in [-0.05, 0) is 42.5 Å². The summed E-state index contributed by atoms with van der Waals surface area (Å²) in [4.78, 5) is 16.7. The summed E-state index contributed by atoms with van der Waals surface area (Å²) in [7, 11) is 0. The Kier molecular flexibility index (Phi) is 3.91. The van der Waals surface area contributed by atoms with Crippen molar-refractivity contribution in [2.75, 3.05) is 5.32 Å². The van der Waals surface area contributed by atoms with Crippen molar-refractivity contribution < 1.29 is 4.79 Å². The molecule has 0 fully saturated rings. The van der Waals surface area contributed by atoms with Gasteiger partial charge in [0.05, 0.1) is 11.2 Å². The maximum absolute atomic E-state index is 12.4. The van der Waals surface area contributed by atoms with Crippen LogP contribution in [0.25, 0.3) is 22.2 Å². The summed E-state index contributed by atoms with van der Waals surface area (Å²) in [5, 5.41) is 11.4. The van der Waals surface area contributed by atoms with E-state index < -0.39 is 0 Å². The van der Waals surface area contributed by atoms with Gasteiger partial charge in [-0.1, -0.05) is 29.8 Å². The van der Waals surface area contributed by atoms with E-state index in [4.69, 9.17) is 11.6 Å². The van der Waals surface area contributed by atoms with Crippen molar-refractivity contribution >= 4 is 34.1 Å². The van der Waals surface area contributed by atoms with Gasteiger partial charge in [-0.15, -0.1) is 0 Å². The first-order valence-corrected chi connectivity index (χ1v) is 8.04. The normalized spacial score (nSPS) is 10.8. The number of nitrogens with one attached hydrogen (secondary N) is 2. The van der Waals surface area contributed by atoms with Crippen molar-refractivity contribution in [1.82, 2.24) is 15.2 Å². The molecule has 5 nitrogen and oxygen atoms in total. The number of carbonyl (C=O) groups excluding carboxylic acids is 1. The third kappa shape index (κ3) is 3.22. The number of hydrogen-bond acceptors (Lipinski definition) is 3. The number of nitrogens with zero attached hydrogens (tertiary/aromatic N) is 2. The maximum atomic E-state index is 12.4. The van der Waals surface area contributed by atoms with Gasteiger partial charge >= 0.3 is 0 Å². The van der Waals surface area contributed by atoms with Gasteiger partial charge in [0.15, 0.2) is 0 Å². The van der Waals surface area contributed by atoms with Gasteiger partial charge in [0.1, 0.15) is 5.69 Å². The number of aromatic nitrogens is 3. The molecule has 2 aromatic heterocycles. The van der Waals surface area contributed by atoms with Gasteiger partial charge in [0.2, 0.25) is 0 Å². The van der Waals surface area contributed by atoms with Crippen molar-refractivity contribution in [3.63, 3.8) is 0 Å². The van der Waals surface area contributed by atoms with Gasteiger partial charge in [0, 0.05) is 27.9 Å². The molecule has 1 amide bonds. The van der Waals surface area contributed by atoms with Gasteiger partial charge in [-0.2, -0.15) is 5.10 Å². The van der Waals surface area contributed by atoms with E-state index in [2.05, 4.69) is 20.5 Å². The number of pyridine rings is 1. The second-order valence-corrected chi connectivity index (χ2v) is 5.98. The first kappa shape index (κ1) is 15.4. The molecule has 0 saturated carbocycles. The minimum Gasteiger partial charge on any atom is -0.321 e. The van der Waals surface area contributed by atoms with Crippen LogP contribution in [0.3, 0.4) is 0 Å². The first-order valence-electron chi connectivity index (χ1n) is 7.66. The smallest absolute Gasteiger partial charge is 0.273 e. The Morgan fingerprint density at radius 3 is 2.84 bits per heavy atom. The van der Waals surface area contributed by atoms with Crippen LogP contribution in [0, 0.1) is 0 Å². The van der Waals surface area contributed by atoms with Crippen molar-refractivity contribution in [3.8, 4) is 11.3 Å². The van der Waals surface area contributed by atoms with Crippen molar-refractivity contribution in [1.29, 1.82) is 0 Å². The summed E-state index contributed by atoms with van der Waals surface area (Å²) >= 11 is 6.00. The van der Waals surface area contributed by atoms with Crippen molar-refractivity contribution in [3.05, 3.63) is 77.6 Å². The molecular formula is C19H13ClN4O. The average Bonchev–Trinajstić information content (AvgIpc) is 3.12. The standard InChI is InChI=1S/C19H13ClN4O/c20-14-5-1-3-12(9-14)17-11-18(24-23-17)19(25)22-15-6-7-16-13(10-15)4-2-8-21-16/h1-11H,(H,22,25)(H,23,24). The van der Waals surface area contributed by atoms with Crippen LogP contribution in [0.15, 0.2) is 66.9 Å². The fourth-order valence-corrected chi connectivity index (χ4v) is 2.78. The number of carbonyl (C=O) groups is 1. The second kappa shape index (κ2) is 6.37. The van der Waals surface area contributed by atoms with E-state index in [-0.39, 0.29) is 5.91 Å². The highest BCUT2D eigenvalue weighted by atomic mass is 35.5. The van der Waals surface area contributed by atoms with Gasteiger partial charge in [-0.25, -0.2) is 0 Å². The number of aromatic amines is 1. The van der Waals surface area contributed by atoms with Crippen LogP contribution in [0.4, 0.5) is 5.69 Å². The lowest BCUT2D eigenvalue weighted by Crippen LogP contribution is -2.12. The highest BCUT2D eigenvalue weighted by Gasteiger charge is 2.12. The zero-order chi connectivity index (χ0) is 17.2. The molecule has 2 N–H and O–H groups in total. The zero-order valence-corrected chi connectivity index (χ0v) is 13.8. The maximum Gasteiger partial charge on any atom is 0.273 e. The Balaban J connectivity index is 1.56. The molecule has 0 spiro atoms. The summed E-state index contributed by atoms with van der Waals surface area (Å²) in [6, 6.07) is 18.4. The molecule has 0 aliphatic heterocycles. The molecule has 0 unspecified atom stereocenters. The third-order valence-corrected chi connectivity index (χ3v) is 4.04. The van der Waals surface area contributed by atoms with Crippen LogP contribution < -0.4 is 5.32 Å². The van der Waals surface area contributed by atoms with Crippen LogP contribution in [0.5, 0.6) is 0 Å². The van der Waals surface area contributed by atoms with Crippen LogP contribution in [-0.2, 0) is 0 Å². The Morgan fingerprint density at radius 2 is 1.96 bits per heavy atom. The van der Waals surface area contributed by atoms with Gasteiger partial charge in [-0.3, -0.25) is 14.9 Å². The number of anilines is 1. The van der Waals surface area contributed by atoms with Crippen LogP contribution in [0.1, 0.15) is 10.5 Å². The molecule has 0 radical (unpaired) electrons. The molecule has 0 atom stereocenters. The summed E-state index contributed by atoms with van der Waals surface area (Å²) in [5.74, 6) is -0.260. The number of hydrogen-bond donors (Lipinski definition) is 2. The van der Waals surface area contributed by atoms with E-state index in [0.29, 0.717) is 22.1 Å². The molecule has 25 heavy (non-hydrogen) atoms. The lowest BCUT2D eigenvalue weighted by atomic mass is 10.1. The summed E-state index contributed by atoms with van der Waals surface area (Å²) < 4.78 is 0. The van der Waals surface area contributed by atoms with Crippen LogP contribution in [-0.4, -0.2) is 21.1 Å². The third-order valence-electron chi connectivity index (χ3n) is 3.80. The topological polar surface area (TPSA) is 70.7 Å². The van der Waals surface area contributed by atoms with E-state index in [0.717, 1.165) is 16.5 Å². The molecule has 2 aromatic carbocycles. The molecule has 122 valence electrons. The predicted molar refractivity (Wildman–Crippen MR) is 98.7 cm³/mol. The highest BCUT2D eigenvalue weighted by molar-refractivity contribution is 6.30. The van der Waals surface area contributed by atoms with E-state index >= 15 is 0 Å². The molecule has 0 bridgehead atoms. The Labute approximate surface area is 148 Å². The highest BCUT2D eigenvalue weighted by Crippen LogP contribution is 2.22. The number of rotatable bonds is 3. The van der Waals surface area contributed by atoms with Crippen molar-refractivity contribution in [2.45, 2.75) is 0 Å². The van der Waals surface area contributed by atoms with Gasteiger partial charge in [0.25, 0.3) is 5.91 Å². The average molecular weight is 349 g/mol. The van der Waals surface area contributed by atoms with Gasteiger partial charge < -0.3 is 5.32 Å². The van der Waals surface area contributed by atoms with E-state index in [1.54, 1.807) is 24.4 Å². The fourth-order valence-electron chi connectivity index (χ4n) is 2.59. The molecular weight excluding hydrogens is 336 g/mol. The van der Waals surface area contributed by atoms with Crippen LogP contribution in [0.2, 0.25) is 5.02 Å². The van der Waals surface area contributed by atoms with Crippen molar-refractivity contribution in [2.24, 2.45) is 0 Å². The Bertz CT molecular complexity index is 1070. The number of benzene rings is 2. The first-order chi connectivity index (χ1) is 12.2. The largest absolute Gasteiger partial charge is 0.321 e. The van der Waals surface area contributed by atoms with E-state index in [1.807, 2.05) is 42.5 Å². The summed E-state index contributed by atoms with van der Waals surface area (Å²) in [6.07, 6.45) is 1.74. The zero-order valence-electron chi connectivity index (χ0n) is 13.0. The summed E-state index contributed by atoms with van der Waals surface area (Å²) in [5.41, 5.74) is 3.46. The molecule has 0 aliphatic carbocycles. The second-order valence-electron chi connectivity index (χ2n) is 5.54. The molecule has 4 rings (SSSR count). The van der Waals surface area contributed by atoms with Crippen LogP contribution >= 0.6 is 11.6 Å². The lowest BCUT2D eigenvalue weighted by molar-refractivity contribution is 0.102. The fraction of sp³-hybridized carbons (Fsp3) is 0. The Hall–Kier alpha value is -3.18. The summed E-state index contributed by atoms with van der Waals surface area (Å²) in [6.45, 7) is 0. The number of fused-ring (bicyclic) bond motifs is 1. The SMILES string of the molecule is O=C(Nc1ccc2ncccc2c1)c1cc(-c2cccc(Cl)c2)n[nH]1. The minimum absolute atomic E-state index is 0.260. The number of H-pyrrole nitrogens is 1. The Morgan fingerprint density at radius 1 is 1.04 bits per heavy atom. The number of amides is 1. The van der Waals surface area contributed by atoms with E-state index in [9.17, 15) is 4.79 Å². The predicted octanol–water partition coefficient (Wildman–Crippen LogP) is 4.53. The lowest BCUT2D eigenvalue weighted by Gasteiger charge is -2.04. The number of halogens is 1. The molecule has 6 heteroatoms. The molecule has 0 saturated heterocycles.